The van der Waals surface area contributed by atoms with Gasteiger partial charge < -0.3 is 9.72 Å². The minimum Gasteiger partial charge on any atom is -0.450 e. The van der Waals surface area contributed by atoms with E-state index in [2.05, 4.69) is 4.98 Å². The molecule has 0 saturated heterocycles. The number of benzene rings is 1. The van der Waals surface area contributed by atoms with Crippen molar-refractivity contribution in [3.05, 3.63) is 36.0 Å². The van der Waals surface area contributed by atoms with E-state index in [0.717, 1.165) is 10.9 Å². The summed E-state index contributed by atoms with van der Waals surface area (Å²) in [7, 11) is 0. The Balaban J connectivity index is 2.22. The van der Waals surface area contributed by atoms with Crippen molar-refractivity contribution >= 4 is 22.7 Å². The smallest absolute Gasteiger partial charge is 0.355 e. The van der Waals surface area contributed by atoms with Gasteiger partial charge in [0.05, 0.1) is 0 Å². The lowest BCUT2D eigenvalue weighted by molar-refractivity contribution is -0.124. The van der Waals surface area contributed by atoms with Crippen molar-refractivity contribution in [2.45, 2.75) is 20.0 Å². The number of ketones is 1. The van der Waals surface area contributed by atoms with Crippen LogP contribution >= 0.6 is 0 Å². The molecule has 0 unspecified atom stereocenters. The van der Waals surface area contributed by atoms with Gasteiger partial charge in [0.15, 0.2) is 11.9 Å². The highest BCUT2D eigenvalue weighted by atomic mass is 16.5. The van der Waals surface area contributed by atoms with Gasteiger partial charge in [-0.2, -0.15) is 0 Å². The van der Waals surface area contributed by atoms with E-state index in [-0.39, 0.29) is 5.78 Å². The third-order valence-corrected chi connectivity index (χ3v) is 2.61. The lowest BCUT2D eigenvalue weighted by Gasteiger charge is -2.08. The average molecular weight is 231 g/mol. The number of Topliss-reactive ketones (excluding diaryl/α,β-unsaturated/α-hetero) is 1. The zero-order valence-corrected chi connectivity index (χ0v) is 9.69. The van der Waals surface area contributed by atoms with Gasteiger partial charge in [0.2, 0.25) is 0 Å². The fourth-order valence-corrected chi connectivity index (χ4v) is 1.49. The van der Waals surface area contributed by atoms with Gasteiger partial charge in [-0.25, -0.2) is 4.79 Å². The molecule has 1 aromatic carbocycles. The Morgan fingerprint density at radius 1 is 1.29 bits per heavy atom. The number of rotatable bonds is 3. The monoisotopic (exact) mass is 231 g/mol. The maximum Gasteiger partial charge on any atom is 0.355 e. The summed E-state index contributed by atoms with van der Waals surface area (Å²) < 4.78 is 5.01. The number of H-pyrrole nitrogens is 1. The van der Waals surface area contributed by atoms with Crippen LogP contribution in [0.25, 0.3) is 10.9 Å². The Labute approximate surface area is 98.6 Å². The highest BCUT2D eigenvalue weighted by Crippen LogP contribution is 2.15. The quantitative estimate of drug-likeness (QED) is 0.824. The van der Waals surface area contributed by atoms with Crippen LogP contribution in [0.1, 0.15) is 24.3 Å². The van der Waals surface area contributed by atoms with E-state index < -0.39 is 12.1 Å². The lowest BCUT2D eigenvalue weighted by Crippen LogP contribution is -2.21. The molecule has 1 N–H and O–H groups in total. The molecule has 0 spiro atoms. The van der Waals surface area contributed by atoms with Crippen LogP contribution in [-0.4, -0.2) is 22.8 Å². The van der Waals surface area contributed by atoms with E-state index in [0.29, 0.717) is 5.69 Å². The van der Waals surface area contributed by atoms with Gasteiger partial charge in [-0.15, -0.1) is 0 Å². The van der Waals surface area contributed by atoms with Crippen LogP contribution in [0.4, 0.5) is 0 Å². The summed E-state index contributed by atoms with van der Waals surface area (Å²) in [5.74, 6) is -0.682. The van der Waals surface area contributed by atoms with Crippen molar-refractivity contribution in [2.75, 3.05) is 0 Å². The predicted octanol–water partition coefficient (Wildman–Crippen LogP) is 2.30. The second kappa shape index (κ2) is 4.41. The van der Waals surface area contributed by atoms with Crippen LogP contribution in [0, 0.1) is 0 Å². The van der Waals surface area contributed by atoms with Gasteiger partial charge in [0.1, 0.15) is 5.69 Å². The first-order valence-corrected chi connectivity index (χ1v) is 5.37. The van der Waals surface area contributed by atoms with Crippen LogP contribution in [0.3, 0.4) is 0 Å². The summed E-state index contributed by atoms with van der Waals surface area (Å²) >= 11 is 0. The molecule has 4 nitrogen and oxygen atoms in total. The van der Waals surface area contributed by atoms with Crippen LogP contribution in [0.15, 0.2) is 30.3 Å². The van der Waals surface area contributed by atoms with Crippen molar-refractivity contribution in [2.24, 2.45) is 0 Å². The van der Waals surface area contributed by atoms with E-state index in [1.165, 1.54) is 6.92 Å². The zero-order valence-electron chi connectivity index (χ0n) is 9.69. The first-order chi connectivity index (χ1) is 8.08. The molecule has 0 aliphatic rings. The van der Waals surface area contributed by atoms with Gasteiger partial charge in [0.25, 0.3) is 0 Å². The molecule has 0 saturated carbocycles. The van der Waals surface area contributed by atoms with Crippen molar-refractivity contribution in [1.29, 1.82) is 0 Å². The number of nitrogens with one attached hydrogen (secondary N) is 1. The highest BCUT2D eigenvalue weighted by Gasteiger charge is 2.16. The van der Waals surface area contributed by atoms with E-state index >= 15 is 0 Å². The summed E-state index contributed by atoms with van der Waals surface area (Å²) in [6.45, 7) is 2.95. The molecule has 1 heterocycles. The number of fused-ring (bicyclic) bond motifs is 1. The molecule has 4 heteroatoms. The molecule has 2 rings (SSSR count). The largest absolute Gasteiger partial charge is 0.450 e. The summed E-state index contributed by atoms with van der Waals surface area (Å²) in [5, 5.41) is 0.940. The Bertz CT molecular complexity index is 538. The minimum absolute atomic E-state index is 0.172. The molecule has 1 aromatic heterocycles. The first-order valence-electron chi connectivity index (χ1n) is 5.37. The summed E-state index contributed by atoms with van der Waals surface area (Å²) in [6, 6.07) is 9.26. The van der Waals surface area contributed by atoms with Crippen LogP contribution in [0.2, 0.25) is 0 Å². The number of para-hydroxylation sites is 1. The molecular weight excluding hydrogens is 218 g/mol. The van der Waals surface area contributed by atoms with E-state index in [4.69, 9.17) is 4.74 Å². The van der Waals surface area contributed by atoms with E-state index in [9.17, 15) is 9.59 Å². The van der Waals surface area contributed by atoms with Crippen LogP contribution in [-0.2, 0) is 9.53 Å². The van der Waals surface area contributed by atoms with Crippen LogP contribution in [0.5, 0.6) is 0 Å². The number of carbonyl (C=O) groups is 2. The molecule has 0 bridgehead atoms. The van der Waals surface area contributed by atoms with E-state index in [1.54, 1.807) is 13.0 Å². The Morgan fingerprint density at radius 2 is 2.00 bits per heavy atom. The van der Waals surface area contributed by atoms with Gasteiger partial charge in [-0.05, 0) is 26.0 Å². The third kappa shape index (κ3) is 2.36. The lowest BCUT2D eigenvalue weighted by atomic mass is 10.2. The SMILES string of the molecule is CC(=O)[C@@H](C)OC(=O)c1cc2ccccc2[nH]1. The first kappa shape index (κ1) is 11.4. The maximum absolute atomic E-state index is 11.7. The molecule has 0 aliphatic heterocycles. The molecule has 17 heavy (non-hydrogen) atoms. The second-order valence-corrected chi connectivity index (χ2v) is 3.93. The Hall–Kier alpha value is -2.10. The van der Waals surface area contributed by atoms with Crippen molar-refractivity contribution in [3.8, 4) is 0 Å². The van der Waals surface area contributed by atoms with Gasteiger partial charge in [0, 0.05) is 10.9 Å². The molecule has 0 fully saturated rings. The Morgan fingerprint density at radius 3 is 2.65 bits per heavy atom. The van der Waals surface area contributed by atoms with Crippen LogP contribution < -0.4 is 0 Å². The van der Waals surface area contributed by atoms with Gasteiger partial charge in [-0.1, -0.05) is 18.2 Å². The molecule has 0 amide bonds. The summed E-state index contributed by atoms with van der Waals surface area (Å²) in [4.78, 5) is 25.7. The predicted molar refractivity (Wildman–Crippen MR) is 63.9 cm³/mol. The molecule has 1 atom stereocenters. The average Bonchev–Trinajstić information content (AvgIpc) is 2.72. The summed E-state index contributed by atoms with van der Waals surface area (Å²) in [6.07, 6.45) is -0.714. The number of hydrogen-bond donors (Lipinski definition) is 1. The number of aromatic amines is 1. The van der Waals surface area contributed by atoms with Crippen molar-refractivity contribution in [3.63, 3.8) is 0 Å². The van der Waals surface area contributed by atoms with Gasteiger partial charge >= 0.3 is 5.97 Å². The molecule has 0 radical (unpaired) electrons. The maximum atomic E-state index is 11.7. The fourth-order valence-electron chi connectivity index (χ4n) is 1.49. The number of esters is 1. The number of carbonyl (C=O) groups excluding carboxylic acids is 2. The number of aromatic nitrogens is 1. The molecular formula is C13H13NO3. The second-order valence-electron chi connectivity index (χ2n) is 3.93. The highest BCUT2D eigenvalue weighted by molar-refractivity contribution is 5.96. The molecule has 2 aromatic rings. The normalized spacial score (nSPS) is 12.4. The number of ether oxygens (including phenoxy) is 1. The zero-order chi connectivity index (χ0) is 12.4. The molecule has 88 valence electrons. The third-order valence-electron chi connectivity index (χ3n) is 2.61. The molecule has 0 aliphatic carbocycles. The van der Waals surface area contributed by atoms with Crippen molar-refractivity contribution in [1.82, 2.24) is 4.98 Å². The topological polar surface area (TPSA) is 59.2 Å². The number of hydrogen-bond acceptors (Lipinski definition) is 3. The minimum atomic E-state index is -0.714. The van der Waals surface area contributed by atoms with Gasteiger partial charge in [-0.3, -0.25) is 4.79 Å². The Kier molecular flexibility index (Phi) is 2.95. The van der Waals surface area contributed by atoms with E-state index in [1.807, 2.05) is 24.3 Å². The summed E-state index contributed by atoms with van der Waals surface area (Å²) in [5.41, 5.74) is 1.23. The standard InChI is InChI=1S/C13H13NO3/c1-8(15)9(2)17-13(16)12-7-10-5-3-4-6-11(10)14-12/h3-7,9,14H,1-2H3/t9-/m1/s1. The fraction of sp³-hybridized carbons (Fsp3) is 0.231. The van der Waals surface area contributed by atoms with Crippen molar-refractivity contribution < 1.29 is 14.3 Å².